The Labute approximate surface area is 266 Å². The first-order chi connectivity index (χ1) is 21.7. The minimum absolute atomic E-state index is 0.00362. The van der Waals surface area contributed by atoms with E-state index >= 15 is 0 Å². The Morgan fingerprint density at radius 1 is 0.957 bits per heavy atom. The van der Waals surface area contributed by atoms with Crippen LogP contribution >= 0.6 is 0 Å². The lowest BCUT2D eigenvalue weighted by Crippen LogP contribution is -2.73. The van der Waals surface area contributed by atoms with Crippen molar-refractivity contribution in [1.29, 1.82) is 0 Å². The molecule has 3 unspecified atom stereocenters. The second-order valence-corrected chi connectivity index (χ2v) is 13.2. The Hall–Kier alpha value is -1.21. The third kappa shape index (κ3) is 7.66. The molecular weight excluding hydrogens is 614 g/mol. The molecular formula is C27H53N7O12. The van der Waals surface area contributed by atoms with Crippen LogP contribution < -0.4 is 39.3 Å². The molecule has 2 heterocycles. The van der Waals surface area contributed by atoms with Crippen molar-refractivity contribution in [1.82, 2.24) is 10.6 Å². The summed E-state index contributed by atoms with van der Waals surface area (Å²) in [5.74, 6) is -1.85. The van der Waals surface area contributed by atoms with E-state index in [1.165, 1.54) is 0 Å². The van der Waals surface area contributed by atoms with E-state index in [9.17, 15) is 45.6 Å². The minimum Gasteiger partial charge on any atom is -0.394 e. The largest absolute Gasteiger partial charge is 0.394 e. The summed E-state index contributed by atoms with van der Waals surface area (Å²) in [7, 11) is 0. The van der Waals surface area contributed by atoms with Crippen molar-refractivity contribution in [2.45, 2.75) is 129 Å². The van der Waals surface area contributed by atoms with Crippen molar-refractivity contribution in [2.24, 2.45) is 34.6 Å². The van der Waals surface area contributed by atoms with E-state index in [2.05, 4.69) is 10.6 Å². The standard InChI is InChI=1S/C27H53N7O12/c28-2-1-10(36)7-33-17-22(41)19(38)13(6-29)44-24(17)15-11(31)3-12(34-26(42)27(43)4-9(30)5-27)23(20(15)39)46-25-21(40)16(32)18(37)14(8-35)45-25/h9-25,33,35-41,43H,1-8,28-32H2,(H,34,42)/t9?,10?,11-,12+,13+,14+,15?,16-,17+,18+,19+,20-,21+,22+,23-,24?,25+,27?/m0/s1. The molecule has 0 aromatic carbocycles. The van der Waals surface area contributed by atoms with Crippen molar-refractivity contribution in [3.63, 3.8) is 0 Å². The number of amides is 1. The molecule has 46 heavy (non-hydrogen) atoms. The van der Waals surface area contributed by atoms with Gasteiger partial charge in [0.05, 0.1) is 49.1 Å². The molecule has 4 rings (SSSR count). The van der Waals surface area contributed by atoms with Crippen LogP contribution in [0.25, 0.3) is 0 Å². The first-order valence-corrected chi connectivity index (χ1v) is 15.8. The number of aliphatic hydroxyl groups is 8. The topological polar surface area (TPSA) is 361 Å². The second kappa shape index (κ2) is 15.6. The normalized spacial score (nSPS) is 48.8. The molecule has 2 aliphatic heterocycles. The minimum atomic E-state index is -1.76. The lowest BCUT2D eigenvalue weighted by Gasteiger charge is -2.53. The molecule has 0 bridgehead atoms. The molecule has 1 amide bonds. The number of nitrogens with one attached hydrogen (secondary N) is 2. The maximum Gasteiger partial charge on any atom is 0.252 e. The molecule has 19 heteroatoms. The van der Waals surface area contributed by atoms with E-state index in [4.69, 9.17) is 42.9 Å². The van der Waals surface area contributed by atoms with Crippen molar-refractivity contribution in [2.75, 3.05) is 26.2 Å². The first-order valence-electron chi connectivity index (χ1n) is 15.8. The fourth-order valence-electron chi connectivity index (χ4n) is 7.05. The van der Waals surface area contributed by atoms with Gasteiger partial charge in [0.2, 0.25) is 0 Å². The zero-order chi connectivity index (χ0) is 34.1. The number of hydrogen-bond acceptors (Lipinski definition) is 18. The van der Waals surface area contributed by atoms with Crippen molar-refractivity contribution in [3.05, 3.63) is 0 Å². The van der Waals surface area contributed by atoms with Gasteiger partial charge in [-0.15, -0.1) is 0 Å². The zero-order valence-corrected chi connectivity index (χ0v) is 25.6. The second-order valence-electron chi connectivity index (χ2n) is 13.2. The molecule has 4 fully saturated rings. The van der Waals surface area contributed by atoms with Crippen LogP contribution in [0.4, 0.5) is 0 Å². The number of nitrogens with two attached hydrogens (primary N) is 5. The molecule has 0 aromatic heterocycles. The van der Waals surface area contributed by atoms with Gasteiger partial charge in [0.15, 0.2) is 6.29 Å². The van der Waals surface area contributed by atoms with E-state index < -0.39 is 116 Å². The van der Waals surface area contributed by atoms with Gasteiger partial charge < -0.3 is 94.4 Å². The highest BCUT2D eigenvalue weighted by atomic mass is 16.7. The van der Waals surface area contributed by atoms with Gasteiger partial charge in [0, 0.05) is 43.9 Å². The monoisotopic (exact) mass is 667 g/mol. The third-order valence-corrected chi connectivity index (χ3v) is 9.80. The van der Waals surface area contributed by atoms with Gasteiger partial charge in [-0.3, -0.25) is 4.79 Å². The average Bonchev–Trinajstić information content (AvgIpc) is 2.99. The van der Waals surface area contributed by atoms with Gasteiger partial charge in [-0.25, -0.2) is 0 Å². The molecule has 2 aliphatic carbocycles. The summed E-state index contributed by atoms with van der Waals surface area (Å²) in [5, 5.41) is 91.3. The molecule has 0 radical (unpaired) electrons. The molecule has 19 nitrogen and oxygen atoms in total. The number of ether oxygens (including phenoxy) is 3. The van der Waals surface area contributed by atoms with Gasteiger partial charge in [0.25, 0.3) is 5.91 Å². The molecule has 268 valence electrons. The smallest absolute Gasteiger partial charge is 0.252 e. The van der Waals surface area contributed by atoms with E-state index in [1.54, 1.807) is 0 Å². The van der Waals surface area contributed by atoms with Crippen molar-refractivity contribution in [3.8, 4) is 0 Å². The maximum absolute atomic E-state index is 13.2. The third-order valence-electron chi connectivity index (χ3n) is 9.80. The molecule has 20 N–H and O–H groups in total. The van der Waals surface area contributed by atoms with E-state index in [1.807, 2.05) is 0 Å². The fourth-order valence-corrected chi connectivity index (χ4v) is 7.05. The van der Waals surface area contributed by atoms with Gasteiger partial charge in [0.1, 0.15) is 42.2 Å². The highest BCUT2D eigenvalue weighted by Crippen LogP contribution is 2.38. The highest BCUT2D eigenvalue weighted by molar-refractivity contribution is 5.86. The Morgan fingerprint density at radius 2 is 1.63 bits per heavy atom. The van der Waals surface area contributed by atoms with E-state index in [-0.39, 0.29) is 51.4 Å². The Bertz CT molecular complexity index is 999. The van der Waals surface area contributed by atoms with Crippen molar-refractivity contribution >= 4 is 5.91 Å². The first kappa shape index (κ1) is 37.6. The zero-order valence-electron chi connectivity index (χ0n) is 25.6. The molecule has 2 saturated carbocycles. The number of carbonyl (C=O) groups is 1. The summed E-state index contributed by atoms with van der Waals surface area (Å²) in [6, 6.07) is -4.80. The van der Waals surface area contributed by atoms with Gasteiger partial charge in [-0.1, -0.05) is 0 Å². The predicted molar refractivity (Wildman–Crippen MR) is 158 cm³/mol. The van der Waals surface area contributed by atoms with E-state index in [0.717, 1.165) is 0 Å². The number of aliphatic hydroxyl groups excluding tert-OH is 7. The van der Waals surface area contributed by atoms with E-state index in [0.29, 0.717) is 0 Å². The van der Waals surface area contributed by atoms with Crippen LogP contribution in [0.2, 0.25) is 0 Å². The summed E-state index contributed by atoms with van der Waals surface area (Å²) in [4.78, 5) is 13.2. The number of hydrogen-bond donors (Lipinski definition) is 15. The van der Waals surface area contributed by atoms with Crippen LogP contribution in [0.15, 0.2) is 0 Å². The lowest BCUT2D eigenvalue weighted by atomic mass is 9.70. The summed E-state index contributed by atoms with van der Waals surface area (Å²) >= 11 is 0. The molecule has 2 saturated heterocycles. The number of carbonyl (C=O) groups excluding carboxylic acids is 1. The summed E-state index contributed by atoms with van der Waals surface area (Å²) in [5.41, 5.74) is 28.0. The van der Waals surface area contributed by atoms with Crippen LogP contribution in [0.3, 0.4) is 0 Å². The maximum atomic E-state index is 13.2. The molecule has 0 aromatic rings. The Kier molecular flexibility index (Phi) is 12.7. The fraction of sp³-hybridized carbons (Fsp3) is 0.963. The SMILES string of the molecule is NCCC(O)CN[C@H]1C(C2[C@@H](N)C[C@@H](NC(=O)C3(O)CC(N)C3)[C@H](O[C@H]3O[C@H](CO)[C@@H](O)[C@H](N)[C@H]3O)[C@H]2O)O[C@H](CN)[C@@H](O)[C@@H]1O. The van der Waals surface area contributed by atoms with Gasteiger partial charge in [-0.05, 0) is 19.4 Å². The van der Waals surface area contributed by atoms with Crippen LogP contribution in [0.1, 0.15) is 25.7 Å². The highest BCUT2D eigenvalue weighted by Gasteiger charge is 2.57. The number of rotatable bonds is 12. The average molecular weight is 668 g/mol. The molecule has 0 spiro atoms. The van der Waals surface area contributed by atoms with Crippen LogP contribution in [-0.2, 0) is 19.0 Å². The van der Waals surface area contributed by atoms with Crippen LogP contribution in [0.5, 0.6) is 0 Å². The van der Waals surface area contributed by atoms with Crippen LogP contribution in [-0.4, -0.2) is 176 Å². The van der Waals surface area contributed by atoms with Crippen LogP contribution in [0, 0.1) is 5.92 Å². The molecule has 4 aliphatic rings. The lowest BCUT2D eigenvalue weighted by molar-refractivity contribution is -0.308. The molecule has 16 atom stereocenters. The summed E-state index contributed by atoms with van der Waals surface area (Å²) in [6.45, 7) is -0.726. The Balaban J connectivity index is 1.65. The quantitative estimate of drug-likeness (QED) is 0.0918. The predicted octanol–water partition coefficient (Wildman–Crippen LogP) is -8.70. The van der Waals surface area contributed by atoms with Gasteiger partial charge in [-0.2, -0.15) is 0 Å². The van der Waals surface area contributed by atoms with Crippen molar-refractivity contribution < 1.29 is 59.9 Å². The summed E-state index contributed by atoms with van der Waals surface area (Å²) < 4.78 is 17.8. The Morgan fingerprint density at radius 3 is 2.22 bits per heavy atom. The summed E-state index contributed by atoms with van der Waals surface area (Å²) in [6.07, 6.45) is -14.8. The van der Waals surface area contributed by atoms with Gasteiger partial charge >= 0.3 is 0 Å².